The van der Waals surface area contributed by atoms with Crippen LogP contribution < -0.4 is 0 Å². The van der Waals surface area contributed by atoms with Gasteiger partial charge in [0, 0.05) is 5.41 Å². The number of benzene rings is 1. The molecule has 0 unspecified atom stereocenters. The lowest BCUT2D eigenvalue weighted by molar-refractivity contribution is 0.669. The minimum Gasteiger partial charge on any atom is -0.0745 e. The third kappa shape index (κ3) is 1.41. The smallest absolute Gasteiger partial charge is 0.00844 e. The molecule has 0 atom stereocenters. The Bertz CT molecular complexity index is 406. The summed E-state index contributed by atoms with van der Waals surface area (Å²) in [6.45, 7) is 6.69. The number of hydrogen-bond donors (Lipinski definition) is 0. The minimum absolute atomic E-state index is 0.144. The minimum atomic E-state index is 0.144. The molecular formula is C14H16. The Morgan fingerprint density at radius 3 is 2.57 bits per heavy atom. The maximum absolute atomic E-state index is 2.27. The molecule has 0 N–H and O–H groups in total. The van der Waals surface area contributed by atoms with Crippen molar-refractivity contribution in [2.75, 3.05) is 0 Å². The molecule has 14 heavy (non-hydrogen) atoms. The second-order valence-corrected chi connectivity index (χ2v) is 4.48. The van der Waals surface area contributed by atoms with Crippen LogP contribution in [0.5, 0.6) is 0 Å². The van der Waals surface area contributed by atoms with Crippen LogP contribution in [-0.2, 0) is 5.41 Å². The molecule has 0 saturated carbocycles. The Morgan fingerprint density at radius 1 is 1.07 bits per heavy atom. The fourth-order valence-electron chi connectivity index (χ4n) is 2.00. The van der Waals surface area contributed by atoms with Gasteiger partial charge in [-0.05, 0) is 23.6 Å². The molecule has 2 rings (SSSR count). The van der Waals surface area contributed by atoms with Gasteiger partial charge >= 0.3 is 0 Å². The normalized spacial score (nSPS) is 18.4. The van der Waals surface area contributed by atoms with Gasteiger partial charge in [-0.3, -0.25) is 0 Å². The Balaban J connectivity index is 2.69. The quantitative estimate of drug-likeness (QED) is 0.573. The average molecular weight is 184 g/mol. The van der Waals surface area contributed by atoms with Crippen molar-refractivity contribution in [1.29, 1.82) is 0 Å². The highest BCUT2D eigenvalue weighted by atomic mass is 14.3. The molecule has 0 spiro atoms. The molecule has 0 amide bonds. The highest BCUT2D eigenvalue weighted by molar-refractivity contribution is 5.70. The highest BCUT2D eigenvalue weighted by Gasteiger charge is 2.21. The molecule has 0 nitrogen and oxygen atoms in total. The lowest BCUT2D eigenvalue weighted by atomic mass is 9.81. The molecule has 0 heterocycles. The van der Waals surface area contributed by atoms with Crippen LogP contribution in [0.25, 0.3) is 5.57 Å². The summed E-state index contributed by atoms with van der Waals surface area (Å²) in [5.41, 5.74) is 4.29. The van der Waals surface area contributed by atoms with Crippen LogP contribution >= 0.6 is 0 Å². The molecule has 1 aliphatic rings. The van der Waals surface area contributed by atoms with Crippen molar-refractivity contribution >= 4 is 5.57 Å². The predicted octanol–water partition coefficient (Wildman–Crippen LogP) is 3.94. The van der Waals surface area contributed by atoms with Crippen molar-refractivity contribution in [3.05, 3.63) is 53.6 Å². The zero-order valence-electron chi connectivity index (χ0n) is 9.04. The molecule has 0 bridgehead atoms. The van der Waals surface area contributed by atoms with Gasteiger partial charge in [-0.2, -0.15) is 0 Å². The van der Waals surface area contributed by atoms with Gasteiger partial charge in [-0.1, -0.05) is 56.3 Å². The summed E-state index contributed by atoms with van der Waals surface area (Å²) in [4.78, 5) is 0. The van der Waals surface area contributed by atoms with Crippen LogP contribution in [0.4, 0.5) is 0 Å². The van der Waals surface area contributed by atoms with Gasteiger partial charge in [0.15, 0.2) is 0 Å². The van der Waals surface area contributed by atoms with Gasteiger partial charge in [-0.15, -0.1) is 0 Å². The first-order valence-electron chi connectivity index (χ1n) is 5.07. The SMILES string of the molecule is CC1=CC=CC(C)(C)c2ccccc21. The topological polar surface area (TPSA) is 0 Å². The van der Waals surface area contributed by atoms with Crippen molar-refractivity contribution in [2.45, 2.75) is 26.2 Å². The van der Waals surface area contributed by atoms with Crippen molar-refractivity contribution in [1.82, 2.24) is 0 Å². The van der Waals surface area contributed by atoms with Gasteiger partial charge in [0.25, 0.3) is 0 Å². The van der Waals surface area contributed by atoms with Gasteiger partial charge in [0.1, 0.15) is 0 Å². The molecule has 0 radical (unpaired) electrons. The summed E-state index contributed by atoms with van der Waals surface area (Å²) in [6.07, 6.45) is 6.62. The molecule has 1 aromatic carbocycles. The van der Waals surface area contributed by atoms with E-state index in [4.69, 9.17) is 0 Å². The summed E-state index contributed by atoms with van der Waals surface area (Å²) < 4.78 is 0. The maximum Gasteiger partial charge on any atom is 0.00844 e. The molecule has 0 aliphatic heterocycles. The zero-order chi connectivity index (χ0) is 10.2. The summed E-state index contributed by atoms with van der Waals surface area (Å²) >= 11 is 0. The van der Waals surface area contributed by atoms with Crippen LogP contribution in [0.1, 0.15) is 31.9 Å². The Hall–Kier alpha value is -1.30. The lowest BCUT2D eigenvalue weighted by Crippen LogP contribution is -2.14. The molecule has 0 heteroatoms. The van der Waals surface area contributed by atoms with E-state index >= 15 is 0 Å². The van der Waals surface area contributed by atoms with Gasteiger partial charge in [-0.25, -0.2) is 0 Å². The summed E-state index contributed by atoms with van der Waals surface area (Å²) in [5.74, 6) is 0. The Labute approximate surface area is 86.0 Å². The van der Waals surface area contributed by atoms with E-state index in [1.807, 2.05) is 0 Å². The van der Waals surface area contributed by atoms with Crippen molar-refractivity contribution < 1.29 is 0 Å². The first kappa shape index (κ1) is 9.26. The Kier molecular flexibility index (Phi) is 2.07. The standard InChI is InChI=1S/C14H16/c1-11-7-6-10-14(2,3)13-9-5-4-8-12(11)13/h4-10H,1-3H3. The number of hydrogen-bond acceptors (Lipinski definition) is 0. The number of allylic oxidation sites excluding steroid dienone is 4. The fraction of sp³-hybridized carbons (Fsp3) is 0.286. The van der Waals surface area contributed by atoms with Crippen LogP contribution in [0.15, 0.2) is 42.5 Å². The van der Waals surface area contributed by atoms with E-state index in [2.05, 4.69) is 63.3 Å². The third-order valence-electron chi connectivity index (χ3n) is 2.91. The van der Waals surface area contributed by atoms with Crippen LogP contribution in [0, 0.1) is 0 Å². The van der Waals surface area contributed by atoms with Crippen LogP contribution in [-0.4, -0.2) is 0 Å². The molecule has 0 fully saturated rings. The summed E-state index contributed by atoms with van der Waals surface area (Å²) in [6, 6.07) is 8.66. The average Bonchev–Trinajstić information content (AvgIpc) is 2.27. The molecule has 1 aromatic rings. The van der Waals surface area contributed by atoms with Crippen LogP contribution in [0.2, 0.25) is 0 Å². The molecule has 72 valence electrons. The van der Waals surface area contributed by atoms with E-state index in [1.165, 1.54) is 16.7 Å². The second-order valence-electron chi connectivity index (χ2n) is 4.48. The van der Waals surface area contributed by atoms with E-state index in [-0.39, 0.29) is 5.41 Å². The second kappa shape index (κ2) is 3.13. The molecule has 1 aliphatic carbocycles. The Morgan fingerprint density at radius 2 is 1.79 bits per heavy atom. The molecular weight excluding hydrogens is 168 g/mol. The van der Waals surface area contributed by atoms with Crippen LogP contribution in [0.3, 0.4) is 0 Å². The monoisotopic (exact) mass is 184 g/mol. The number of rotatable bonds is 0. The zero-order valence-corrected chi connectivity index (χ0v) is 9.04. The van der Waals surface area contributed by atoms with E-state index in [1.54, 1.807) is 0 Å². The molecule has 0 saturated heterocycles. The van der Waals surface area contributed by atoms with Crippen molar-refractivity contribution in [3.63, 3.8) is 0 Å². The van der Waals surface area contributed by atoms with E-state index in [9.17, 15) is 0 Å². The van der Waals surface area contributed by atoms with Crippen molar-refractivity contribution in [3.8, 4) is 0 Å². The maximum atomic E-state index is 2.27. The molecule has 0 aromatic heterocycles. The highest BCUT2D eigenvalue weighted by Crippen LogP contribution is 2.33. The first-order valence-corrected chi connectivity index (χ1v) is 5.07. The van der Waals surface area contributed by atoms with E-state index in [0.29, 0.717) is 0 Å². The third-order valence-corrected chi connectivity index (χ3v) is 2.91. The van der Waals surface area contributed by atoms with E-state index in [0.717, 1.165) is 0 Å². The lowest BCUT2D eigenvalue weighted by Gasteiger charge is -2.23. The van der Waals surface area contributed by atoms with Gasteiger partial charge in [0.05, 0.1) is 0 Å². The van der Waals surface area contributed by atoms with E-state index < -0.39 is 0 Å². The predicted molar refractivity (Wildman–Crippen MR) is 62.3 cm³/mol. The van der Waals surface area contributed by atoms with Gasteiger partial charge in [0.2, 0.25) is 0 Å². The first-order chi connectivity index (χ1) is 6.61. The fourth-order valence-corrected chi connectivity index (χ4v) is 2.00. The summed E-state index contributed by atoms with van der Waals surface area (Å²) in [5, 5.41) is 0. The van der Waals surface area contributed by atoms with Gasteiger partial charge < -0.3 is 0 Å². The van der Waals surface area contributed by atoms with Crippen molar-refractivity contribution in [2.24, 2.45) is 0 Å². The largest absolute Gasteiger partial charge is 0.0745 e. The number of fused-ring (bicyclic) bond motifs is 1. The summed E-state index contributed by atoms with van der Waals surface area (Å²) in [7, 11) is 0.